The van der Waals surface area contributed by atoms with Gasteiger partial charge < -0.3 is 4.74 Å². The van der Waals surface area contributed by atoms with Gasteiger partial charge >= 0.3 is 5.97 Å². The summed E-state index contributed by atoms with van der Waals surface area (Å²) >= 11 is 14.0. The third kappa shape index (κ3) is 4.46. The van der Waals surface area contributed by atoms with Gasteiger partial charge in [0.2, 0.25) is 10.0 Å². The molecular weight excluding hydrogens is 551 g/mol. The molecule has 6 rings (SSSR count). The van der Waals surface area contributed by atoms with E-state index in [1.54, 1.807) is 13.0 Å². The molecular formula is C30H22Cl2N4O2S. The summed E-state index contributed by atoms with van der Waals surface area (Å²) in [7, 11) is 0. The highest BCUT2D eigenvalue weighted by molar-refractivity contribution is 8.16. The summed E-state index contributed by atoms with van der Waals surface area (Å²) in [5, 5.41) is 15.2. The summed E-state index contributed by atoms with van der Waals surface area (Å²) in [4.78, 5) is 12.0. The van der Waals surface area contributed by atoms with Crippen molar-refractivity contribution in [2.45, 2.75) is 11.9 Å². The molecule has 0 aromatic heterocycles. The molecule has 4 aromatic rings. The van der Waals surface area contributed by atoms with E-state index in [1.807, 2.05) is 107 Å². The predicted molar refractivity (Wildman–Crippen MR) is 160 cm³/mol. The summed E-state index contributed by atoms with van der Waals surface area (Å²) < 4.78 is 5.39. The number of fused-ring (bicyclic) bond motifs is 2. The van der Waals surface area contributed by atoms with Gasteiger partial charge in [0.05, 0.1) is 23.7 Å². The van der Waals surface area contributed by atoms with Gasteiger partial charge in [0.15, 0.2) is 0 Å². The summed E-state index contributed by atoms with van der Waals surface area (Å²) in [6, 6.07) is 32.9. The average Bonchev–Trinajstić information content (AvgIpc) is 3.36. The number of carbonyl (C=O) groups is 1. The van der Waals surface area contributed by atoms with E-state index in [9.17, 15) is 4.79 Å². The molecule has 0 radical (unpaired) electrons. The molecule has 4 aromatic carbocycles. The first kappa shape index (κ1) is 25.5. The summed E-state index contributed by atoms with van der Waals surface area (Å²) in [5.74, 6) is -0.496. The molecule has 0 amide bonds. The van der Waals surface area contributed by atoms with Gasteiger partial charge in [0.25, 0.3) is 0 Å². The van der Waals surface area contributed by atoms with Crippen molar-refractivity contribution < 1.29 is 9.53 Å². The number of nitrogens with zero attached hydrogens (tertiary/aromatic N) is 4. The number of carbonyl (C=O) groups excluding carboxylic acids is 1. The van der Waals surface area contributed by atoms with Crippen LogP contribution in [0.15, 0.2) is 113 Å². The van der Waals surface area contributed by atoms with Crippen molar-refractivity contribution in [3.05, 3.63) is 130 Å². The topological polar surface area (TPSA) is 57.5 Å². The lowest BCUT2D eigenvalue weighted by molar-refractivity contribution is -0.134. The number of esters is 1. The molecule has 1 atom stereocenters. The van der Waals surface area contributed by atoms with E-state index < -0.39 is 11.0 Å². The highest BCUT2D eigenvalue weighted by Crippen LogP contribution is 2.55. The molecule has 2 aliphatic rings. The van der Waals surface area contributed by atoms with Crippen molar-refractivity contribution in [2.24, 2.45) is 10.2 Å². The van der Waals surface area contributed by atoms with Gasteiger partial charge in [-0.15, -0.1) is 0 Å². The Bertz CT molecular complexity index is 1610. The monoisotopic (exact) mass is 572 g/mol. The Kier molecular flexibility index (Phi) is 6.81. The minimum absolute atomic E-state index is 0.220. The Balaban J connectivity index is 1.64. The van der Waals surface area contributed by atoms with Crippen LogP contribution in [0.4, 0.5) is 11.4 Å². The summed E-state index contributed by atoms with van der Waals surface area (Å²) in [5.41, 5.74) is 5.02. The molecule has 0 bridgehead atoms. The third-order valence-corrected chi connectivity index (χ3v) is 8.14. The molecule has 9 heteroatoms. The fourth-order valence-electron chi connectivity index (χ4n) is 4.71. The minimum Gasteiger partial charge on any atom is -0.461 e. The first-order valence-electron chi connectivity index (χ1n) is 12.3. The van der Waals surface area contributed by atoms with Crippen LogP contribution in [0.2, 0.25) is 10.0 Å². The lowest BCUT2D eigenvalue weighted by atomic mass is 9.93. The van der Waals surface area contributed by atoms with Gasteiger partial charge in [-0.05, 0) is 61.2 Å². The van der Waals surface area contributed by atoms with Crippen molar-refractivity contribution in [2.75, 3.05) is 16.6 Å². The second-order valence-corrected chi connectivity index (χ2v) is 10.8. The van der Waals surface area contributed by atoms with Gasteiger partial charge in [-0.2, -0.15) is 10.2 Å². The number of halogens is 2. The fraction of sp³-hybridized carbons (Fsp3) is 0.100. The largest absolute Gasteiger partial charge is 0.461 e. The number of anilines is 2. The standard InChI is InChI=1S/C30H22Cl2N4O2S/c1-2-38-29(37)28-34-36(24-12-8-9-22(32)19-24)30(39-28)26-14-7-6-13-25(26)27(20-15-17-21(31)18-16-20)33-35(30)23-10-4-3-5-11-23/h3-19H,2H2,1H3/t30-/m1/s1. The first-order chi connectivity index (χ1) is 19.0. The SMILES string of the molecule is CCOC(=O)C1=NN(c2cccc(Cl)c2)[C@@]2(S1)c1ccccc1C(c1ccc(Cl)cc1)=NN2c1ccccc1. The molecule has 6 nitrogen and oxygen atoms in total. The van der Waals surface area contributed by atoms with Crippen LogP contribution in [-0.2, 0) is 14.5 Å². The van der Waals surface area contributed by atoms with E-state index >= 15 is 0 Å². The van der Waals surface area contributed by atoms with E-state index in [-0.39, 0.29) is 11.7 Å². The average molecular weight is 574 g/mol. The third-order valence-electron chi connectivity index (χ3n) is 6.36. The number of benzene rings is 4. The highest BCUT2D eigenvalue weighted by atomic mass is 35.5. The van der Waals surface area contributed by atoms with Crippen LogP contribution in [0.3, 0.4) is 0 Å². The lowest BCUT2D eigenvalue weighted by Crippen LogP contribution is -2.54. The number of ether oxygens (including phenoxy) is 1. The van der Waals surface area contributed by atoms with Crippen molar-refractivity contribution in [1.29, 1.82) is 0 Å². The Labute approximate surface area is 240 Å². The van der Waals surface area contributed by atoms with Gasteiger partial charge in [0.1, 0.15) is 0 Å². The summed E-state index contributed by atoms with van der Waals surface area (Å²) in [6.07, 6.45) is 0. The zero-order valence-corrected chi connectivity index (χ0v) is 23.1. The number of hydrogen-bond acceptors (Lipinski definition) is 7. The van der Waals surface area contributed by atoms with Crippen LogP contribution in [0.1, 0.15) is 23.6 Å². The van der Waals surface area contributed by atoms with Gasteiger partial charge in [-0.1, -0.05) is 83.9 Å². The number of hydrazone groups is 2. The smallest absolute Gasteiger partial charge is 0.365 e. The normalized spacial score (nSPS) is 18.0. The van der Waals surface area contributed by atoms with Gasteiger partial charge in [-0.25, -0.2) is 14.8 Å². The molecule has 0 saturated heterocycles. The van der Waals surface area contributed by atoms with Crippen molar-refractivity contribution >= 4 is 63.1 Å². The van der Waals surface area contributed by atoms with E-state index in [0.29, 0.717) is 15.7 Å². The predicted octanol–water partition coefficient (Wildman–Crippen LogP) is 7.51. The molecule has 39 heavy (non-hydrogen) atoms. The van der Waals surface area contributed by atoms with Crippen LogP contribution in [0, 0.1) is 0 Å². The Morgan fingerprint density at radius 1 is 0.821 bits per heavy atom. The second kappa shape index (κ2) is 10.4. The maximum absolute atomic E-state index is 13.1. The van der Waals surface area contributed by atoms with Crippen LogP contribution < -0.4 is 10.0 Å². The Hall–Kier alpha value is -3.78. The molecule has 2 aliphatic heterocycles. The number of para-hydroxylation sites is 1. The van der Waals surface area contributed by atoms with E-state index in [0.717, 1.165) is 28.1 Å². The number of thioether (sulfide) groups is 1. The fourth-order valence-corrected chi connectivity index (χ4v) is 6.31. The molecule has 0 fully saturated rings. The lowest BCUT2D eigenvalue weighted by Gasteiger charge is -2.47. The number of rotatable bonds is 5. The summed E-state index contributed by atoms with van der Waals surface area (Å²) in [6.45, 7) is 2.01. The van der Waals surface area contributed by atoms with Crippen molar-refractivity contribution in [3.63, 3.8) is 0 Å². The molecule has 0 N–H and O–H groups in total. The molecule has 194 valence electrons. The van der Waals surface area contributed by atoms with Crippen LogP contribution in [0.5, 0.6) is 0 Å². The molecule has 0 unspecified atom stereocenters. The Morgan fingerprint density at radius 3 is 2.26 bits per heavy atom. The van der Waals surface area contributed by atoms with Crippen LogP contribution >= 0.6 is 35.0 Å². The van der Waals surface area contributed by atoms with Crippen molar-refractivity contribution in [3.8, 4) is 0 Å². The van der Waals surface area contributed by atoms with Gasteiger partial charge in [-0.3, -0.25) is 0 Å². The van der Waals surface area contributed by atoms with E-state index in [4.69, 9.17) is 38.1 Å². The van der Waals surface area contributed by atoms with Crippen LogP contribution in [-0.4, -0.2) is 23.3 Å². The molecule has 0 aliphatic carbocycles. The maximum atomic E-state index is 13.1. The minimum atomic E-state index is -1.10. The highest BCUT2D eigenvalue weighted by Gasteiger charge is 2.56. The van der Waals surface area contributed by atoms with Crippen molar-refractivity contribution in [1.82, 2.24) is 0 Å². The molecule has 2 heterocycles. The maximum Gasteiger partial charge on any atom is 0.365 e. The first-order valence-corrected chi connectivity index (χ1v) is 13.9. The van der Waals surface area contributed by atoms with Gasteiger partial charge in [0, 0.05) is 26.7 Å². The Morgan fingerprint density at radius 2 is 1.51 bits per heavy atom. The van der Waals surface area contributed by atoms with E-state index in [2.05, 4.69) is 0 Å². The zero-order valence-electron chi connectivity index (χ0n) is 20.8. The zero-order chi connectivity index (χ0) is 27.0. The molecule has 0 saturated carbocycles. The quantitative estimate of drug-likeness (QED) is 0.232. The van der Waals surface area contributed by atoms with Crippen LogP contribution in [0.25, 0.3) is 0 Å². The second-order valence-electron chi connectivity index (χ2n) is 8.78. The molecule has 1 spiro atoms. The number of hydrogen-bond donors (Lipinski definition) is 0. The van der Waals surface area contributed by atoms with E-state index in [1.165, 1.54) is 11.8 Å².